The van der Waals surface area contributed by atoms with Gasteiger partial charge < -0.3 is 5.32 Å². The Bertz CT molecular complexity index is 703. The highest BCUT2D eigenvalue weighted by Crippen LogP contribution is 2.28. The van der Waals surface area contributed by atoms with Gasteiger partial charge in [0.25, 0.3) is 0 Å². The van der Waals surface area contributed by atoms with E-state index in [-0.39, 0.29) is 40.0 Å². The third-order valence-corrected chi connectivity index (χ3v) is 6.29. The van der Waals surface area contributed by atoms with Gasteiger partial charge in [0.05, 0.1) is 11.6 Å². The van der Waals surface area contributed by atoms with E-state index >= 15 is 0 Å². The van der Waals surface area contributed by atoms with Gasteiger partial charge in [0.1, 0.15) is 4.90 Å². The zero-order chi connectivity index (χ0) is 17.9. The molecule has 0 aromatic heterocycles. The number of rotatable bonds is 8. The van der Waals surface area contributed by atoms with Crippen molar-refractivity contribution in [2.24, 2.45) is 5.92 Å². The Labute approximate surface area is 153 Å². The fourth-order valence-corrected chi connectivity index (χ4v) is 4.31. The maximum absolute atomic E-state index is 13.0. The molecular weight excluding hydrogens is 371 g/mol. The van der Waals surface area contributed by atoms with E-state index in [1.165, 1.54) is 22.5 Å². The van der Waals surface area contributed by atoms with Crippen LogP contribution in [0.3, 0.4) is 0 Å². The zero-order valence-corrected chi connectivity index (χ0v) is 16.1. The third-order valence-electron chi connectivity index (χ3n) is 3.73. The van der Waals surface area contributed by atoms with E-state index in [2.05, 4.69) is 5.32 Å². The molecule has 2 rings (SSSR count). The quantitative estimate of drug-likeness (QED) is 0.737. The highest BCUT2D eigenvalue weighted by molar-refractivity contribution is 7.89. The summed E-state index contributed by atoms with van der Waals surface area (Å²) in [5.41, 5.74) is 0. The van der Waals surface area contributed by atoms with Crippen LogP contribution in [-0.2, 0) is 14.8 Å². The van der Waals surface area contributed by atoms with Gasteiger partial charge in [0.15, 0.2) is 0 Å². The Balaban J connectivity index is 2.25. The largest absolute Gasteiger partial charge is 0.352 e. The van der Waals surface area contributed by atoms with Gasteiger partial charge in [-0.05, 0) is 43.4 Å². The van der Waals surface area contributed by atoms with Crippen LogP contribution >= 0.6 is 23.2 Å². The number of hydrogen-bond acceptors (Lipinski definition) is 3. The van der Waals surface area contributed by atoms with E-state index in [4.69, 9.17) is 23.2 Å². The predicted molar refractivity (Wildman–Crippen MR) is 95.8 cm³/mol. The molecule has 0 bridgehead atoms. The Morgan fingerprint density at radius 1 is 1.33 bits per heavy atom. The van der Waals surface area contributed by atoms with Crippen molar-refractivity contribution in [1.82, 2.24) is 9.62 Å². The first-order chi connectivity index (χ1) is 11.2. The van der Waals surface area contributed by atoms with Crippen LogP contribution in [0.5, 0.6) is 0 Å². The summed E-state index contributed by atoms with van der Waals surface area (Å²) in [5, 5.41) is 3.19. The summed E-state index contributed by atoms with van der Waals surface area (Å²) < 4.78 is 27.1. The molecule has 1 aliphatic rings. The summed E-state index contributed by atoms with van der Waals surface area (Å²) in [6.07, 6.45) is 2.54. The van der Waals surface area contributed by atoms with Crippen LogP contribution in [0, 0.1) is 5.92 Å². The van der Waals surface area contributed by atoms with Gasteiger partial charge in [-0.2, -0.15) is 4.31 Å². The first-order valence-electron chi connectivity index (χ1n) is 7.94. The van der Waals surface area contributed by atoms with Gasteiger partial charge in [-0.1, -0.05) is 37.0 Å². The molecule has 134 valence electrons. The van der Waals surface area contributed by atoms with Crippen LogP contribution in [0.4, 0.5) is 0 Å². The molecule has 0 heterocycles. The molecule has 24 heavy (non-hydrogen) atoms. The van der Waals surface area contributed by atoms with Crippen molar-refractivity contribution in [1.29, 1.82) is 0 Å². The summed E-state index contributed by atoms with van der Waals surface area (Å²) in [6, 6.07) is 4.48. The van der Waals surface area contributed by atoms with Crippen LogP contribution in [0.1, 0.15) is 33.1 Å². The smallest absolute Gasteiger partial charge is 0.245 e. The van der Waals surface area contributed by atoms with Gasteiger partial charge in [-0.15, -0.1) is 0 Å². The first-order valence-corrected chi connectivity index (χ1v) is 10.1. The maximum Gasteiger partial charge on any atom is 0.245 e. The lowest BCUT2D eigenvalue weighted by atomic mass is 10.1. The second kappa shape index (κ2) is 8.04. The number of carbonyl (C=O) groups excluding carboxylic acids is 1. The zero-order valence-electron chi connectivity index (χ0n) is 13.8. The average molecular weight is 393 g/mol. The average Bonchev–Trinajstić information content (AvgIpc) is 3.29. The Kier molecular flexibility index (Phi) is 6.53. The van der Waals surface area contributed by atoms with Crippen LogP contribution in [-0.4, -0.2) is 37.8 Å². The normalized spacial score (nSPS) is 15.1. The molecule has 1 amide bonds. The van der Waals surface area contributed by atoms with Crippen molar-refractivity contribution in [3.63, 3.8) is 0 Å². The van der Waals surface area contributed by atoms with E-state index in [1.807, 2.05) is 13.8 Å². The molecule has 1 saturated carbocycles. The minimum absolute atomic E-state index is 0.0698. The van der Waals surface area contributed by atoms with Crippen LogP contribution in [0.25, 0.3) is 0 Å². The molecule has 0 atom stereocenters. The Morgan fingerprint density at radius 2 is 2.00 bits per heavy atom. The second-order valence-corrected chi connectivity index (χ2v) is 9.19. The second-order valence-electron chi connectivity index (χ2n) is 6.44. The molecule has 1 aliphatic carbocycles. The minimum atomic E-state index is -3.90. The third kappa shape index (κ3) is 5.34. The summed E-state index contributed by atoms with van der Waals surface area (Å²) in [7, 11) is -3.90. The molecule has 0 saturated heterocycles. The van der Waals surface area contributed by atoms with Crippen molar-refractivity contribution in [3.8, 4) is 0 Å². The molecular formula is C16H22Cl2N2O3S. The molecule has 0 unspecified atom stereocenters. The number of nitrogens with one attached hydrogen (secondary N) is 1. The van der Waals surface area contributed by atoms with Gasteiger partial charge in [-0.3, -0.25) is 4.79 Å². The number of sulfonamides is 1. The van der Waals surface area contributed by atoms with E-state index in [0.717, 1.165) is 12.8 Å². The number of benzene rings is 1. The first kappa shape index (κ1) is 19.5. The molecule has 0 radical (unpaired) electrons. The van der Waals surface area contributed by atoms with Gasteiger partial charge in [0.2, 0.25) is 15.9 Å². The van der Waals surface area contributed by atoms with Crippen molar-refractivity contribution in [2.45, 2.75) is 44.0 Å². The van der Waals surface area contributed by atoms with Crippen molar-refractivity contribution in [3.05, 3.63) is 28.2 Å². The fraction of sp³-hybridized carbons (Fsp3) is 0.562. The van der Waals surface area contributed by atoms with Crippen molar-refractivity contribution < 1.29 is 13.2 Å². The molecule has 1 aromatic carbocycles. The summed E-state index contributed by atoms with van der Waals surface area (Å²) >= 11 is 12.0. The van der Waals surface area contributed by atoms with E-state index in [9.17, 15) is 13.2 Å². The van der Waals surface area contributed by atoms with Crippen molar-refractivity contribution in [2.75, 3.05) is 13.1 Å². The van der Waals surface area contributed by atoms with Gasteiger partial charge in [-0.25, -0.2) is 8.42 Å². The summed E-state index contributed by atoms with van der Waals surface area (Å²) in [4.78, 5) is 12.0. The topological polar surface area (TPSA) is 66.5 Å². The fourth-order valence-electron chi connectivity index (χ4n) is 2.16. The van der Waals surface area contributed by atoms with Crippen LogP contribution < -0.4 is 5.32 Å². The lowest BCUT2D eigenvalue weighted by Crippen LogP contribution is -2.42. The number of hydrogen-bond donors (Lipinski definition) is 1. The van der Waals surface area contributed by atoms with Gasteiger partial charge in [0, 0.05) is 17.6 Å². The Morgan fingerprint density at radius 3 is 2.58 bits per heavy atom. The number of halogens is 2. The molecule has 8 heteroatoms. The molecule has 5 nitrogen and oxygen atoms in total. The van der Waals surface area contributed by atoms with Gasteiger partial charge >= 0.3 is 0 Å². The number of carbonyl (C=O) groups is 1. The molecule has 1 fully saturated rings. The predicted octanol–water partition coefficient (Wildman–Crippen LogP) is 3.31. The molecule has 1 N–H and O–H groups in total. The monoisotopic (exact) mass is 392 g/mol. The van der Waals surface area contributed by atoms with Crippen LogP contribution in [0.15, 0.2) is 23.1 Å². The van der Waals surface area contributed by atoms with Crippen LogP contribution in [0.2, 0.25) is 10.0 Å². The highest BCUT2D eigenvalue weighted by Gasteiger charge is 2.31. The molecule has 0 spiro atoms. The Hall–Kier alpha value is -0.820. The van der Waals surface area contributed by atoms with E-state index < -0.39 is 10.0 Å². The number of amides is 1. The number of nitrogens with zero attached hydrogens (tertiary/aromatic N) is 1. The standard InChI is InChI=1S/C16H22Cl2N2O3S/c1-11(2)7-8-20(10-16(21)19-13-4-5-13)24(22,23)15-9-12(17)3-6-14(15)18/h3,6,9,11,13H,4-5,7-8,10H2,1-2H3,(H,19,21). The van der Waals surface area contributed by atoms with E-state index in [0.29, 0.717) is 12.3 Å². The molecule has 0 aliphatic heterocycles. The van der Waals surface area contributed by atoms with E-state index in [1.54, 1.807) is 0 Å². The lowest BCUT2D eigenvalue weighted by Gasteiger charge is -2.23. The molecule has 1 aromatic rings. The summed E-state index contributed by atoms with van der Waals surface area (Å²) in [6.45, 7) is 4.04. The SMILES string of the molecule is CC(C)CCN(CC(=O)NC1CC1)S(=O)(=O)c1cc(Cl)ccc1Cl. The lowest BCUT2D eigenvalue weighted by molar-refractivity contribution is -0.121. The maximum atomic E-state index is 13.0. The summed E-state index contributed by atoms with van der Waals surface area (Å²) in [5.74, 6) is 0.0204. The minimum Gasteiger partial charge on any atom is -0.352 e. The van der Waals surface area contributed by atoms with Crippen molar-refractivity contribution >= 4 is 39.1 Å². The highest BCUT2D eigenvalue weighted by atomic mass is 35.5.